The predicted octanol–water partition coefficient (Wildman–Crippen LogP) is 2.47. The summed E-state index contributed by atoms with van der Waals surface area (Å²) in [6.07, 6.45) is 5.95. The first-order valence-electron chi connectivity index (χ1n) is 10.7. The maximum atomic E-state index is 12.3. The average molecular weight is 409 g/mol. The Morgan fingerprint density at radius 2 is 1.77 bits per heavy atom. The van der Waals surface area contributed by atoms with E-state index in [9.17, 15) is 14.7 Å². The van der Waals surface area contributed by atoms with Crippen molar-refractivity contribution < 1.29 is 14.7 Å². The lowest BCUT2D eigenvalue weighted by Crippen LogP contribution is -2.65. The standard InChI is InChI=1S/C22H27N5O3/c1-13-4-3-5-14(2)20(13)27-21(23-24-25-27)22(26(12-28)11-19(29)30)17-7-15-6-16(9-17)10-18(22)8-15/h3-5,12,15-18H,6-11H2,1-2H3,(H,29,30). The molecule has 1 N–H and O–H groups in total. The Kier molecular flexibility index (Phi) is 4.41. The van der Waals surface area contributed by atoms with Crippen molar-refractivity contribution in [2.45, 2.75) is 51.5 Å². The Morgan fingerprint density at radius 1 is 1.17 bits per heavy atom. The Labute approximate surface area is 175 Å². The highest BCUT2D eigenvalue weighted by Crippen LogP contribution is 2.63. The molecule has 6 rings (SSSR count). The lowest BCUT2D eigenvalue weighted by Gasteiger charge is -2.62. The van der Waals surface area contributed by atoms with Gasteiger partial charge in [0, 0.05) is 0 Å². The molecule has 1 heterocycles. The van der Waals surface area contributed by atoms with Gasteiger partial charge in [-0.05, 0) is 91.2 Å². The van der Waals surface area contributed by atoms with Crippen LogP contribution in [0.5, 0.6) is 0 Å². The van der Waals surface area contributed by atoms with Gasteiger partial charge < -0.3 is 10.0 Å². The Bertz CT molecular complexity index is 952. The van der Waals surface area contributed by atoms with Crippen molar-refractivity contribution in [3.8, 4) is 5.69 Å². The summed E-state index contributed by atoms with van der Waals surface area (Å²) < 4.78 is 1.77. The molecule has 1 amide bonds. The van der Waals surface area contributed by atoms with E-state index < -0.39 is 11.5 Å². The fraction of sp³-hybridized carbons (Fsp3) is 0.591. The highest BCUT2D eigenvalue weighted by molar-refractivity contribution is 5.72. The Balaban J connectivity index is 1.73. The van der Waals surface area contributed by atoms with Crippen molar-refractivity contribution in [2.24, 2.45) is 23.7 Å². The van der Waals surface area contributed by atoms with Gasteiger partial charge in [-0.15, -0.1) is 5.10 Å². The van der Waals surface area contributed by atoms with Crippen LogP contribution in [0.2, 0.25) is 0 Å². The van der Waals surface area contributed by atoms with E-state index in [2.05, 4.69) is 15.5 Å². The van der Waals surface area contributed by atoms with Crippen LogP contribution in [0.15, 0.2) is 18.2 Å². The lowest BCUT2D eigenvalue weighted by molar-refractivity contribution is -0.168. The van der Waals surface area contributed by atoms with E-state index >= 15 is 0 Å². The maximum absolute atomic E-state index is 12.3. The normalized spacial score (nSPS) is 31.7. The average Bonchev–Trinajstić information content (AvgIpc) is 3.16. The minimum Gasteiger partial charge on any atom is -0.480 e. The zero-order chi connectivity index (χ0) is 21.0. The minimum absolute atomic E-state index is 0.173. The monoisotopic (exact) mass is 409 g/mol. The summed E-state index contributed by atoms with van der Waals surface area (Å²) in [5.74, 6) is 1.26. The second kappa shape index (κ2) is 6.89. The molecule has 0 radical (unpaired) electrons. The van der Waals surface area contributed by atoms with Crippen LogP contribution in [0.4, 0.5) is 0 Å². The first-order valence-corrected chi connectivity index (χ1v) is 10.7. The van der Waals surface area contributed by atoms with Crippen molar-refractivity contribution in [3.63, 3.8) is 0 Å². The topological polar surface area (TPSA) is 101 Å². The number of nitrogens with zero attached hydrogens (tertiary/aromatic N) is 5. The van der Waals surface area contributed by atoms with Crippen molar-refractivity contribution in [1.82, 2.24) is 25.1 Å². The van der Waals surface area contributed by atoms with Crippen molar-refractivity contribution in [1.29, 1.82) is 0 Å². The van der Waals surface area contributed by atoms with E-state index in [0.29, 0.717) is 24.1 Å². The molecule has 2 aromatic rings. The number of para-hydroxylation sites is 1. The number of aliphatic carboxylic acids is 1. The van der Waals surface area contributed by atoms with Gasteiger partial charge in [0.2, 0.25) is 6.41 Å². The number of amides is 1. The third-order valence-electron chi connectivity index (χ3n) is 7.77. The number of aromatic nitrogens is 4. The number of carbonyl (C=O) groups excluding carboxylic acids is 1. The molecule has 1 aromatic carbocycles. The van der Waals surface area contributed by atoms with Gasteiger partial charge in [-0.1, -0.05) is 18.2 Å². The van der Waals surface area contributed by atoms with Crippen molar-refractivity contribution in [3.05, 3.63) is 35.2 Å². The molecule has 0 spiro atoms. The fourth-order valence-electron chi connectivity index (χ4n) is 6.99. The van der Waals surface area contributed by atoms with Crippen LogP contribution in [0.1, 0.15) is 49.1 Å². The highest BCUT2D eigenvalue weighted by atomic mass is 16.4. The summed E-state index contributed by atoms with van der Waals surface area (Å²) in [5, 5.41) is 22.4. The van der Waals surface area contributed by atoms with E-state index in [-0.39, 0.29) is 18.4 Å². The van der Waals surface area contributed by atoms with E-state index in [1.165, 1.54) is 11.3 Å². The maximum Gasteiger partial charge on any atom is 0.323 e. The predicted molar refractivity (Wildman–Crippen MR) is 108 cm³/mol. The molecule has 4 saturated carbocycles. The Hall–Kier alpha value is -2.77. The van der Waals surface area contributed by atoms with Gasteiger partial charge in [0.1, 0.15) is 12.1 Å². The summed E-state index contributed by atoms with van der Waals surface area (Å²) >= 11 is 0. The molecule has 158 valence electrons. The van der Waals surface area contributed by atoms with Gasteiger partial charge in [-0.3, -0.25) is 9.59 Å². The number of carboxylic acids is 1. The lowest BCUT2D eigenvalue weighted by atomic mass is 9.47. The number of aryl methyl sites for hydroxylation is 2. The Morgan fingerprint density at radius 3 is 2.30 bits per heavy atom. The molecule has 4 aliphatic rings. The van der Waals surface area contributed by atoms with Gasteiger partial charge in [0.15, 0.2) is 5.82 Å². The van der Waals surface area contributed by atoms with Gasteiger partial charge >= 0.3 is 5.97 Å². The van der Waals surface area contributed by atoms with Crippen LogP contribution < -0.4 is 0 Å². The molecule has 0 saturated heterocycles. The fourth-order valence-corrected chi connectivity index (χ4v) is 6.99. The molecular formula is C22H27N5O3. The first-order chi connectivity index (χ1) is 14.4. The van der Waals surface area contributed by atoms with Gasteiger partial charge in [0.05, 0.1) is 5.69 Å². The van der Waals surface area contributed by atoms with E-state index in [1.807, 2.05) is 32.0 Å². The molecule has 8 heteroatoms. The van der Waals surface area contributed by atoms with Crippen LogP contribution in [0.3, 0.4) is 0 Å². The number of carbonyl (C=O) groups is 2. The zero-order valence-electron chi connectivity index (χ0n) is 17.4. The molecular weight excluding hydrogens is 382 g/mol. The molecule has 8 nitrogen and oxygen atoms in total. The largest absolute Gasteiger partial charge is 0.480 e. The summed E-state index contributed by atoms with van der Waals surface area (Å²) in [5.41, 5.74) is 2.20. The summed E-state index contributed by atoms with van der Waals surface area (Å²) in [6.45, 7) is 3.70. The van der Waals surface area contributed by atoms with Crippen LogP contribution in [-0.4, -0.2) is 49.1 Å². The number of hydrogen-bond donors (Lipinski definition) is 1. The number of carboxylic acid groups (broad SMARTS) is 1. The molecule has 4 bridgehead atoms. The number of hydrogen-bond acceptors (Lipinski definition) is 5. The smallest absolute Gasteiger partial charge is 0.323 e. The minimum atomic E-state index is -1.01. The highest BCUT2D eigenvalue weighted by Gasteiger charge is 2.63. The molecule has 4 fully saturated rings. The van der Waals surface area contributed by atoms with Crippen LogP contribution in [0.25, 0.3) is 5.69 Å². The molecule has 30 heavy (non-hydrogen) atoms. The third kappa shape index (κ3) is 2.62. The molecule has 0 aliphatic heterocycles. The molecule has 1 aromatic heterocycles. The van der Waals surface area contributed by atoms with Gasteiger partial charge in [-0.2, -0.15) is 4.68 Å². The van der Waals surface area contributed by atoms with Gasteiger partial charge in [-0.25, -0.2) is 0 Å². The van der Waals surface area contributed by atoms with Crippen molar-refractivity contribution in [2.75, 3.05) is 6.54 Å². The molecule has 0 unspecified atom stereocenters. The number of benzene rings is 1. The number of rotatable bonds is 6. The van der Waals surface area contributed by atoms with E-state index in [0.717, 1.165) is 42.5 Å². The third-order valence-corrected chi connectivity index (χ3v) is 7.77. The second-order valence-electron chi connectivity index (χ2n) is 9.41. The summed E-state index contributed by atoms with van der Waals surface area (Å²) in [6, 6.07) is 6.04. The van der Waals surface area contributed by atoms with Crippen LogP contribution in [0, 0.1) is 37.5 Å². The SMILES string of the molecule is Cc1cccc(C)c1-n1nnnc1C1(N(C=O)CC(=O)O)C2CC3CC(C2)CC1C3. The zero-order valence-corrected chi connectivity index (χ0v) is 17.4. The summed E-state index contributed by atoms with van der Waals surface area (Å²) in [4.78, 5) is 25.5. The molecule has 4 aliphatic carbocycles. The quantitative estimate of drug-likeness (QED) is 0.736. The van der Waals surface area contributed by atoms with E-state index in [4.69, 9.17) is 0 Å². The van der Waals surface area contributed by atoms with E-state index in [1.54, 1.807) is 4.68 Å². The van der Waals surface area contributed by atoms with Crippen LogP contribution in [-0.2, 0) is 15.1 Å². The van der Waals surface area contributed by atoms with Crippen molar-refractivity contribution >= 4 is 12.4 Å². The number of tetrazole rings is 1. The van der Waals surface area contributed by atoms with Crippen LogP contribution >= 0.6 is 0 Å². The van der Waals surface area contributed by atoms with Gasteiger partial charge in [0.25, 0.3) is 0 Å². The molecule has 0 atom stereocenters. The summed E-state index contributed by atoms with van der Waals surface area (Å²) in [7, 11) is 0. The first kappa shape index (κ1) is 19.2. The second-order valence-corrected chi connectivity index (χ2v) is 9.41.